The first-order valence-electron chi connectivity index (χ1n) is 8.68. The van der Waals surface area contributed by atoms with Crippen LogP contribution in [0.15, 0.2) is 58.2 Å². The van der Waals surface area contributed by atoms with E-state index in [1.54, 1.807) is 24.5 Å². The molecule has 2 amide bonds. The number of hydrogen-bond acceptors (Lipinski definition) is 7. The van der Waals surface area contributed by atoms with Gasteiger partial charge in [-0.15, -0.1) is 0 Å². The number of carbonyl (C=O) groups is 1. The predicted molar refractivity (Wildman–Crippen MR) is 105 cm³/mol. The highest BCUT2D eigenvalue weighted by molar-refractivity contribution is 7.89. The van der Waals surface area contributed by atoms with Gasteiger partial charge in [0.05, 0.1) is 4.90 Å². The standard InChI is InChI=1S/C18H20N6O4S/c1-11(2)15(17-23-16(24-28-17)12-4-3-9-20-10-12)22-18(25)21-13-5-7-14(8-6-13)29(19,26)27/h3-11,15H,1-2H3,(H2,19,26,27)(H2,21,22,25). The van der Waals surface area contributed by atoms with E-state index in [-0.39, 0.29) is 16.7 Å². The van der Waals surface area contributed by atoms with Crippen molar-refractivity contribution in [2.75, 3.05) is 5.32 Å². The van der Waals surface area contributed by atoms with E-state index in [1.807, 2.05) is 13.8 Å². The summed E-state index contributed by atoms with van der Waals surface area (Å²) in [6, 6.07) is 8.03. The number of carbonyl (C=O) groups excluding carboxylic acids is 1. The Hall–Kier alpha value is -3.31. The molecule has 0 aliphatic rings. The number of anilines is 1. The van der Waals surface area contributed by atoms with Gasteiger partial charge < -0.3 is 15.2 Å². The third kappa shape index (κ3) is 5.15. The number of nitrogens with two attached hydrogens (primary N) is 1. The van der Waals surface area contributed by atoms with Gasteiger partial charge in [-0.3, -0.25) is 4.98 Å². The van der Waals surface area contributed by atoms with Gasteiger partial charge in [0.1, 0.15) is 6.04 Å². The van der Waals surface area contributed by atoms with Crippen molar-refractivity contribution < 1.29 is 17.7 Å². The third-order valence-electron chi connectivity index (χ3n) is 4.02. The highest BCUT2D eigenvalue weighted by atomic mass is 32.2. The number of amides is 2. The van der Waals surface area contributed by atoms with Crippen molar-refractivity contribution >= 4 is 21.7 Å². The SMILES string of the molecule is CC(C)C(NC(=O)Nc1ccc(S(N)(=O)=O)cc1)c1nc(-c2cccnc2)no1. The van der Waals surface area contributed by atoms with Crippen LogP contribution < -0.4 is 15.8 Å². The molecule has 0 bridgehead atoms. The average molecular weight is 416 g/mol. The molecule has 29 heavy (non-hydrogen) atoms. The highest BCUT2D eigenvalue weighted by Gasteiger charge is 2.25. The molecule has 3 aromatic rings. The Morgan fingerprint density at radius 1 is 1.17 bits per heavy atom. The maximum Gasteiger partial charge on any atom is 0.319 e. The summed E-state index contributed by atoms with van der Waals surface area (Å²) in [5, 5.41) is 14.4. The normalized spacial score (nSPS) is 12.6. The minimum absolute atomic E-state index is 0.0345. The molecule has 4 N–H and O–H groups in total. The van der Waals surface area contributed by atoms with Crippen LogP contribution in [-0.2, 0) is 10.0 Å². The fourth-order valence-electron chi connectivity index (χ4n) is 2.52. The molecule has 0 saturated heterocycles. The Morgan fingerprint density at radius 2 is 1.90 bits per heavy atom. The van der Waals surface area contributed by atoms with E-state index >= 15 is 0 Å². The smallest absolute Gasteiger partial charge is 0.319 e. The number of nitrogens with zero attached hydrogens (tertiary/aromatic N) is 3. The zero-order valence-corrected chi connectivity index (χ0v) is 16.6. The molecular weight excluding hydrogens is 396 g/mol. The Labute approximate surface area is 167 Å². The molecule has 10 nitrogen and oxygen atoms in total. The van der Waals surface area contributed by atoms with E-state index in [0.29, 0.717) is 17.1 Å². The van der Waals surface area contributed by atoms with Gasteiger partial charge >= 0.3 is 6.03 Å². The van der Waals surface area contributed by atoms with E-state index in [2.05, 4.69) is 25.8 Å². The first-order chi connectivity index (χ1) is 13.7. The van der Waals surface area contributed by atoms with Crippen molar-refractivity contribution in [1.82, 2.24) is 20.4 Å². The van der Waals surface area contributed by atoms with Crippen molar-refractivity contribution in [1.29, 1.82) is 0 Å². The first-order valence-corrected chi connectivity index (χ1v) is 10.2. The summed E-state index contributed by atoms with van der Waals surface area (Å²) < 4.78 is 27.9. The monoisotopic (exact) mass is 416 g/mol. The predicted octanol–water partition coefficient (Wildman–Crippen LogP) is 2.30. The topological polar surface area (TPSA) is 153 Å². The summed E-state index contributed by atoms with van der Waals surface area (Å²) in [6.45, 7) is 3.81. The second kappa shape index (κ2) is 8.37. The Kier molecular flexibility index (Phi) is 5.89. The minimum Gasteiger partial charge on any atom is -0.337 e. The van der Waals surface area contributed by atoms with Crippen LogP contribution in [0.25, 0.3) is 11.4 Å². The molecule has 2 heterocycles. The van der Waals surface area contributed by atoms with Crippen molar-refractivity contribution in [2.24, 2.45) is 11.1 Å². The Balaban J connectivity index is 1.71. The highest BCUT2D eigenvalue weighted by Crippen LogP contribution is 2.23. The summed E-state index contributed by atoms with van der Waals surface area (Å²) in [5.41, 5.74) is 1.10. The quantitative estimate of drug-likeness (QED) is 0.557. The molecule has 3 rings (SSSR count). The fraction of sp³-hybridized carbons (Fsp3) is 0.222. The molecule has 1 atom stereocenters. The second-order valence-corrected chi connectivity index (χ2v) is 8.15. The number of primary sulfonamides is 1. The molecule has 1 aromatic carbocycles. The fourth-order valence-corrected chi connectivity index (χ4v) is 3.04. The van der Waals surface area contributed by atoms with Gasteiger partial charge in [0.25, 0.3) is 0 Å². The molecule has 11 heteroatoms. The molecule has 152 valence electrons. The lowest BCUT2D eigenvalue weighted by Gasteiger charge is -2.19. The zero-order chi connectivity index (χ0) is 21.0. The molecule has 0 radical (unpaired) electrons. The molecule has 1 unspecified atom stereocenters. The number of rotatable bonds is 6. The number of aromatic nitrogens is 3. The van der Waals surface area contributed by atoms with Crippen molar-refractivity contribution in [3.63, 3.8) is 0 Å². The van der Waals surface area contributed by atoms with Gasteiger partial charge in [-0.2, -0.15) is 4.98 Å². The van der Waals surface area contributed by atoms with Gasteiger partial charge in [0.15, 0.2) is 0 Å². The summed E-state index contributed by atoms with van der Waals surface area (Å²) >= 11 is 0. The van der Waals surface area contributed by atoms with Crippen molar-refractivity contribution in [2.45, 2.75) is 24.8 Å². The number of hydrogen-bond donors (Lipinski definition) is 3. The van der Waals surface area contributed by atoms with Crippen LogP contribution in [-0.4, -0.2) is 29.6 Å². The molecule has 0 aliphatic heterocycles. The molecular formula is C18H20N6O4S. The van der Waals surface area contributed by atoms with Crippen molar-refractivity contribution in [3.8, 4) is 11.4 Å². The van der Waals surface area contributed by atoms with E-state index in [0.717, 1.165) is 0 Å². The summed E-state index contributed by atoms with van der Waals surface area (Å²) in [4.78, 5) is 20.7. The van der Waals surface area contributed by atoms with Gasteiger partial charge in [-0.1, -0.05) is 19.0 Å². The Morgan fingerprint density at radius 3 is 2.48 bits per heavy atom. The maximum atomic E-state index is 12.4. The lowest BCUT2D eigenvalue weighted by Crippen LogP contribution is -2.35. The second-order valence-electron chi connectivity index (χ2n) is 6.59. The van der Waals surface area contributed by atoms with Gasteiger partial charge in [0.2, 0.25) is 21.7 Å². The van der Waals surface area contributed by atoms with Gasteiger partial charge in [-0.25, -0.2) is 18.4 Å². The summed E-state index contributed by atoms with van der Waals surface area (Å²) in [6.07, 6.45) is 3.26. The molecule has 0 saturated carbocycles. The van der Waals surface area contributed by atoms with Crippen molar-refractivity contribution in [3.05, 3.63) is 54.7 Å². The van der Waals surface area contributed by atoms with Crippen LogP contribution in [0.3, 0.4) is 0 Å². The van der Waals surface area contributed by atoms with Crippen LogP contribution in [0.4, 0.5) is 10.5 Å². The third-order valence-corrected chi connectivity index (χ3v) is 4.95. The summed E-state index contributed by atoms with van der Waals surface area (Å²) in [5.74, 6) is 0.603. The lowest BCUT2D eigenvalue weighted by molar-refractivity contribution is 0.236. The minimum atomic E-state index is -3.80. The molecule has 0 fully saturated rings. The number of pyridine rings is 1. The zero-order valence-electron chi connectivity index (χ0n) is 15.7. The Bertz CT molecular complexity index is 1080. The van der Waals surface area contributed by atoms with E-state index in [1.165, 1.54) is 24.3 Å². The number of benzene rings is 1. The van der Waals surface area contributed by atoms with E-state index in [4.69, 9.17) is 9.66 Å². The number of urea groups is 1. The molecule has 0 spiro atoms. The van der Waals surface area contributed by atoms with Crippen LogP contribution in [0.2, 0.25) is 0 Å². The van der Waals surface area contributed by atoms with Gasteiger partial charge in [-0.05, 0) is 42.3 Å². The maximum absolute atomic E-state index is 12.4. The largest absolute Gasteiger partial charge is 0.337 e. The number of nitrogens with one attached hydrogen (secondary N) is 2. The van der Waals surface area contributed by atoms with Crippen LogP contribution >= 0.6 is 0 Å². The number of sulfonamides is 1. The molecule has 2 aromatic heterocycles. The lowest BCUT2D eigenvalue weighted by atomic mass is 10.0. The van der Waals surface area contributed by atoms with E-state index in [9.17, 15) is 13.2 Å². The van der Waals surface area contributed by atoms with Crippen LogP contribution in [0.5, 0.6) is 0 Å². The van der Waals surface area contributed by atoms with Crippen LogP contribution in [0.1, 0.15) is 25.8 Å². The van der Waals surface area contributed by atoms with Gasteiger partial charge in [0, 0.05) is 23.6 Å². The van der Waals surface area contributed by atoms with Crippen LogP contribution in [0, 0.1) is 5.92 Å². The summed E-state index contributed by atoms with van der Waals surface area (Å²) in [7, 11) is -3.80. The van der Waals surface area contributed by atoms with E-state index < -0.39 is 22.1 Å². The molecule has 0 aliphatic carbocycles. The first kappa shape index (κ1) is 20.4. The average Bonchev–Trinajstić information content (AvgIpc) is 3.16.